The highest BCUT2D eigenvalue weighted by molar-refractivity contribution is 5.76. The number of hydrogen-bond donors (Lipinski definition) is 1. The SMILES string of the molecule is C.C/C(C#N)=C/C1C(C(=O)O)C1(C)C. The monoisotopic (exact) mass is 195 g/mol. The van der Waals surface area contributed by atoms with Gasteiger partial charge < -0.3 is 5.11 Å². The molecule has 78 valence electrons. The van der Waals surface area contributed by atoms with E-state index in [1.165, 1.54) is 0 Å². The number of carboxylic acids is 1. The molecule has 3 heteroatoms. The summed E-state index contributed by atoms with van der Waals surface area (Å²) >= 11 is 0. The van der Waals surface area contributed by atoms with Crippen LogP contribution in [-0.2, 0) is 4.79 Å². The largest absolute Gasteiger partial charge is 0.481 e. The summed E-state index contributed by atoms with van der Waals surface area (Å²) in [5.74, 6) is -1.07. The maximum absolute atomic E-state index is 10.7. The molecule has 0 aromatic rings. The van der Waals surface area contributed by atoms with Crippen molar-refractivity contribution in [3.05, 3.63) is 11.6 Å². The Balaban J connectivity index is 0.00000169. The highest BCUT2D eigenvalue weighted by Gasteiger charge is 2.60. The zero-order valence-corrected chi connectivity index (χ0v) is 8.03. The number of nitrogens with zero attached hydrogens (tertiary/aromatic N) is 1. The van der Waals surface area contributed by atoms with E-state index >= 15 is 0 Å². The van der Waals surface area contributed by atoms with Crippen molar-refractivity contribution >= 4 is 5.97 Å². The zero-order valence-electron chi connectivity index (χ0n) is 8.03. The Morgan fingerprint density at radius 1 is 1.57 bits per heavy atom. The minimum atomic E-state index is -0.767. The Bertz CT molecular complexity index is 310. The van der Waals surface area contributed by atoms with Crippen molar-refractivity contribution in [1.82, 2.24) is 0 Å². The van der Waals surface area contributed by atoms with Crippen molar-refractivity contribution in [3.63, 3.8) is 0 Å². The van der Waals surface area contributed by atoms with Crippen LogP contribution >= 0.6 is 0 Å². The van der Waals surface area contributed by atoms with Crippen LogP contribution in [0, 0.1) is 28.6 Å². The van der Waals surface area contributed by atoms with Gasteiger partial charge in [0.05, 0.1) is 12.0 Å². The van der Waals surface area contributed by atoms with E-state index in [0.717, 1.165) is 0 Å². The Labute approximate surface area is 85.0 Å². The van der Waals surface area contributed by atoms with E-state index < -0.39 is 5.97 Å². The first kappa shape index (κ1) is 12.7. The lowest BCUT2D eigenvalue weighted by Gasteiger charge is -1.96. The van der Waals surface area contributed by atoms with Crippen LogP contribution < -0.4 is 0 Å². The van der Waals surface area contributed by atoms with E-state index in [2.05, 4.69) is 0 Å². The number of aliphatic carboxylic acids is 1. The lowest BCUT2D eigenvalue weighted by Crippen LogP contribution is -2.03. The van der Waals surface area contributed by atoms with Crippen molar-refractivity contribution in [2.45, 2.75) is 28.2 Å². The summed E-state index contributed by atoms with van der Waals surface area (Å²) in [5.41, 5.74) is 0.408. The molecule has 1 aliphatic rings. The van der Waals surface area contributed by atoms with Crippen molar-refractivity contribution in [1.29, 1.82) is 5.26 Å². The number of rotatable bonds is 2. The molecular weight excluding hydrogens is 178 g/mol. The first-order valence-electron chi connectivity index (χ1n) is 4.22. The van der Waals surface area contributed by atoms with Crippen molar-refractivity contribution in [2.75, 3.05) is 0 Å². The van der Waals surface area contributed by atoms with Gasteiger partial charge in [-0.1, -0.05) is 27.4 Å². The Hall–Kier alpha value is -1.30. The first-order valence-corrected chi connectivity index (χ1v) is 4.22. The van der Waals surface area contributed by atoms with Gasteiger partial charge in [-0.2, -0.15) is 5.26 Å². The van der Waals surface area contributed by atoms with Gasteiger partial charge in [-0.15, -0.1) is 0 Å². The maximum Gasteiger partial charge on any atom is 0.307 e. The van der Waals surface area contributed by atoms with Crippen LogP contribution in [0.5, 0.6) is 0 Å². The molecule has 2 atom stereocenters. The average molecular weight is 195 g/mol. The van der Waals surface area contributed by atoms with Gasteiger partial charge in [0.15, 0.2) is 0 Å². The lowest BCUT2D eigenvalue weighted by molar-refractivity contribution is -0.139. The van der Waals surface area contributed by atoms with E-state index in [-0.39, 0.29) is 24.7 Å². The van der Waals surface area contributed by atoms with Crippen LogP contribution in [0.15, 0.2) is 11.6 Å². The summed E-state index contributed by atoms with van der Waals surface area (Å²) in [4.78, 5) is 10.7. The molecule has 0 saturated heterocycles. The van der Waals surface area contributed by atoms with E-state index in [0.29, 0.717) is 5.57 Å². The Kier molecular flexibility index (Phi) is 3.47. The summed E-state index contributed by atoms with van der Waals surface area (Å²) in [6, 6.07) is 2.00. The molecule has 1 N–H and O–H groups in total. The fraction of sp³-hybridized carbons (Fsp3) is 0.636. The van der Waals surface area contributed by atoms with Gasteiger partial charge in [0.25, 0.3) is 0 Å². The van der Waals surface area contributed by atoms with Crippen molar-refractivity contribution in [2.24, 2.45) is 17.3 Å². The molecule has 1 aliphatic carbocycles. The van der Waals surface area contributed by atoms with Crippen LogP contribution in [0.1, 0.15) is 28.2 Å². The molecule has 0 aromatic heterocycles. The van der Waals surface area contributed by atoms with Crippen molar-refractivity contribution in [3.8, 4) is 6.07 Å². The number of carbonyl (C=O) groups is 1. The molecule has 0 radical (unpaired) electrons. The van der Waals surface area contributed by atoms with Crippen LogP contribution in [0.4, 0.5) is 0 Å². The molecule has 0 spiro atoms. The van der Waals surface area contributed by atoms with Gasteiger partial charge >= 0.3 is 5.97 Å². The van der Waals surface area contributed by atoms with Gasteiger partial charge in [0.1, 0.15) is 0 Å². The maximum atomic E-state index is 10.7. The third kappa shape index (κ3) is 1.95. The predicted molar refractivity (Wildman–Crippen MR) is 54.5 cm³/mol. The summed E-state index contributed by atoms with van der Waals surface area (Å²) < 4.78 is 0. The molecule has 0 amide bonds. The van der Waals surface area contributed by atoms with Gasteiger partial charge in [0, 0.05) is 5.57 Å². The molecular formula is C11H17NO2. The minimum Gasteiger partial charge on any atom is -0.481 e. The van der Waals surface area contributed by atoms with Crippen LogP contribution in [-0.4, -0.2) is 11.1 Å². The molecule has 1 rings (SSSR count). The van der Waals surface area contributed by atoms with Gasteiger partial charge in [-0.25, -0.2) is 0 Å². The van der Waals surface area contributed by atoms with Crippen LogP contribution in [0.3, 0.4) is 0 Å². The van der Waals surface area contributed by atoms with E-state index in [1.54, 1.807) is 13.0 Å². The minimum absolute atomic E-state index is 0. The smallest absolute Gasteiger partial charge is 0.307 e. The second-order valence-electron chi connectivity index (χ2n) is 4.12. The predicted octanol–water partition coefficient (Wildman–Crippen LogP) is 2.45. The van der Waals surface area contributed by atoms with Crippen LogP contribution in [0.2, 0.25) is 0 Å². The molecule has 0 aromatic carbocycles. The Morgan fingerprint density at radius 3 is 2.36 bits per heavy atom. The number of nitriles is 1. The average Bonchev–Trinajstić information content (AvgIpc) is 2.53. The third-order valence-electron chi connectivity index (χ3n) is 2.78. The van der Waals surface area contributed by atoms with E-state index in [4.69, 9.17) is 10.4 Å². The van der Waals surface area contributed by atoms with Gasteiger partial charge in [-0.05, 0) is 18.3 Å². The second-order valence-corrected chi connectivity index (χ2v) is 4.12. The lowest BCUT2D eigenvalue weighted by atomic mass is 10.1. The summed E-state index contributed by atoms with van der Waals surface area (Å²) in [5, 5.41) is 17.4. The molecule has 1 saturated carbocycles. The van der Waals surface area contributed by atoms with Crippen molar-refractivity contribution < 1.29 is 9.90 Å². The Morgan fingerprint density at radius 2 is 2.07 bits per heavy atom. The van der Waals surface area contributed by atoms with E-state index in [1.807, 2.05) is 19.9 Å². The highest BCUT2D eigenvalue weighted by Crippen LogP contribution is 2.59. The first-order chi connectivity index (χ1) is 5.91. The number of allylic oxidation sites excluding steroid dienone is 2. The quantitative estimate of drug-likeness (QED) is 0.688. The highest BCUT2D eigenvalue weighted by atomic mass is 16.4. The zero-order chi connectivity index (χ0) is 10.2. The molecule has 14 heavy (non-hydrogen) atoms. The molecule has 2 unspecified atom stereocenters. The molecule has 0 bridgehead atoms. The second kappa shape index (κ2) is 3.83. The fourth-order valence-electron chi connectivity index (χ4n) is 1.77. The number of carboxylic acid groups (broad SMARTS) is 1. The number of hydrogen-bond acceptors (Lipinski definition) is 2. The fourth-order valence-corrected chi connectivity index (χ4v) is 1.77. The van der Waals surface area contributed by atoms with Gasteiger partial charge in [-0.3, -0.25) is 4.79 Å². The normalized spacial score (nSPS) is 28.6. The van der Waals surface area contributed by atoms with Gasteiger partial charge in [0.2, 0.25) is 0 Å². The summed E-state index contributed by atoms with van der Waals surface area (Å²) in [6.07, 6.45) is 1.76. The molecule has 0 heterocycles. The molecule has 3 nitrogen and oxygen atoms in total. The third-order valence-corrected chi connectivity index (χ3v) is 2.78. The van der Waals surface area contributed by atoms with Crippen LogP contribution in [0.25, 0.3) is 0 Å². The molecule has 0 aliphatic heterocycles. The topological polar surface area (TPSA) is 61.1 Å². The molecule has 1 fully saturated rings. The standard InChI is InChI=1S/C10H13NO2.CH4/c1-6(5-11)4-7-8(9(12)13)10(7,2)3;/h4,7-8H,1-3H3,(H,12,13);1H4/b6-4-;. The van der Waals surface area contributed by atoms with E-state index in [9.17, 15) is 4.79 Å². The summed E-state index contributed by atoms with van der Waals surface area (Å²) in [6.45, 7) is 5.53. The summed E-state index contributed by atoms with van der Waals surface area (Å²) in [7, 11) is 0.